The summed E-state index contributed by atoms with van der Waals surface area (Å²) in [5.41, 5.74) is 5.96. The Morgan fingerprint density at radius 2 is 1.88 bits per heavy atom. The molecule has 0 spiro atoms. The normalized spacial score (nSPS) is 11.3. The van der Waals surface area contributed by atoms with E-state index in [-0.39, 0.29) is 11.6 Å². The van der Waals surface area contributed by atoms with E-state index in [4.69, 9.17) is 28.2 Å². The van der Waals surface area contributed by atoms with Crippen molar-refractivity contribution in [1.82, 2.24) is 14.5 Å². The average molecular weight is 495 g/mol. The van der Waals surface area contributed by atoms with Gasteiger partial charge in [0, 0.05) is 45.5 Å². The minimum atomic E-state index is -0.476. The van der Waals surface area contributed by atoms with Crippen LogP contribution in [0.1, 0.15) is 5.56 Å². The van der Waals surface area contributed by atoms with Crippen molar-refractivity contribution in [2.75, 3.05) is 18.5 Å². The number of aromatic amines is 1. The molecule has 5 rings (SSSR count). The van der Waals surface area contributed by atoms with Crippen LogP contribution in [0.15, 0.2) is 73.2 Å². The molecular formula is C26H21Cl2FN4O. The van der Waals surface area contributed by atoms with Crippen LogP contribution in [-0.4, -0.2) is 32.8 Å². The van der Waals surface area contributed by atoms with Crippen molar-refractivity contribution in [3.8, 4) is 22.5 Å². The number of rotatable bonds is 7. The van der Waals surface area contributed by atoms with Crippen molar-refractivity contribution >= 4 is 39.8 Å². The van der Waals surface area contributed by atoms with Gasteiger partial charge in [-0.15, -0.1) is 0 Å². The van der Waals surface area contributed by atoms with Crippen LogP contribution in [0, 0.1) is 5.82 Å². The predicted octanol–water partition coefficient (Wildman–Crippen LogP) is 6.60. The first-order valence-electron chi connectivity index (χ1n) is 10.8. The maximum absolute atomic E-state index is 14.4. The minimum Gasteiger partial charge on any atom is -0.395 e. The summed E-state index contributed by atoms with van der Waals surface area (Å²) in [5.74, 6) is -0.476. The molecule has 0 aliphatic rings. The Hall–Kier alpha value is -3.32. The van der Waals surface area contributed by atoms with Crippen LogP contribution in [-0.2, 0) is 6.54 Å². The smallest absolute Gasteiger partial charge is 0.142 e. The Morgan fingerprint density at radius 1 is 1.06 bits per heavy atom. The lowest BCUT2D eigenvalue weighted by Gasteiger charge is -2.15. The Kier molecular flexibility index (Phi) is 6.28. The van der Waals surface area contributed by atoms with Gasteiger partial charge in [-0.1, -0.05) is 59.6 Å². The second kappa shape index (κ2) is 9.50. The van der Waals surface area contributed by atoms with Crippen LogP contribution in [0.5, 0.6) is 0 Å². The molecule has 0 aliphatic heterocycles. The zero-order valence-electron chi connectivity index (χ0n) is 18.0. The van der Waals surface area contributed by atoms with E-state index in [0.29, 0.717) is 18.1 Å². The first-order chi connectivity index (χ1) is 16.5. The molecule has 0 radical (unpaired) electrons. The first-order valence-corrected chi connectivity index (χ1v) is 11.5. The average Bonchev–Trinajstić information content (AvgIpc) is 3.43. The number of aliphatic hydroxyl groups excluding tert-OH is 1. The third-order valence-electron chi connectivity index (χ3n) is 5.70. The van der Waals surface area contributed by atoms with E-state index in [9.17, 15) is 9.50 Å². The molecule has 5 aromatic rings. The lowest BCUT2D eigenvalue weighted by atomic mass is 10.0. The Bertz CT molecular complexity index is 1460. The van der Waals surface area contributed by atoms with E-state index in [2.05, 4.69) is 10.3 Å². The number of aliphatic hydroxyl groups is 1. The van der Waals surface area contributed by atoms with Crippen molar-refractivity contribution in [1.29, 1.82) is 0 Å². The molecular weight excluding hydrogens is 474 g/mol. The number of imidazole rings is 1. The second-order valence-corrected chi connectivity index (χ2v) is 8.75. The molecule has 0 atom stereocenters. The van der Waals surface area contributed by atoms with Gasteiger partial charge in [0.2, 0.25) is 0 Å². The van der Waals surface area contributed by atoms with Crippen molar-refractivity contribution in [2.45, 2.75) is 6.54 Å². The number of nitrogens with one attached hydrogen (secondary N) is 2. The number of hydrogen-bond acceptors (Lipinski definition) is 3. The number of aromatic nitrogens is 3. The number of fused-ring (bicyclic) bond motifs is 1. The lowest BCUT2D eigenvalue weighted by molar-refractivity contribution is 0.311. The molecule has 0 saturated heterocycles. The molecule has 0 saturated carbocycles. The van der Waals surface area contributed by atoms with Gasteiger partial charge in [-0.3, -0.25) is 0 Å². The monoisotopic (exact) mass is 494 g/mol. The largest absolute Gasteiger partial charge is 0.395 e. The van der Waals surface area contributed by atoms with E-state index in [1.54, 1.807) is 12.4 Å². The highest BCUT2D eigenvalue weighted by Gasteiger charge is 2.20. The summed E-state index contributed by atoms with van der Waals surface area (Å²) in [6.07, 6.45) is 3.64. The molecule has 0 amide bonds. The topological polar surface area (TPSA) is 65.9 Å². The maximum Gasteiger partial charge on any atom is 0.142 e. The number of halogens is 3. The molecule has 172 valence electrons. The SMILES string of the molecule is OCCNc1cc(Cl)ccc1Cn1cnc(-c2ccccc2)c1-c1c[nH]c2cc(Cl)c(F)cc12. The summed E-state index contributed by atoms with van der Waals surface area (Å²) in [6.45, 7) is 0.897. The lowest BCUT2D eigenvalue weighted by Crippen LogP contribution is -2.10. The number of anilines is 1. The van der Waals surface area contributed by atoms with E-state index in [1.165, 1.54) is 6.07 Å². The molecule has 0 unspecified atom stereocenters. The number of H-pyrrole nitrogens is 1. The standard InChI is InChI=1S/C26H21Cl2FN4O/c27-18-7-6-17(23(10-18)30-8-9-34)14-33-15-32-25(16-4-2-1-3-5-16)26(33)20-13-31-24-12-21(28)22(29)11-19(20)24/h1-7,10-13,15,30-31,34H,8-9,14H2. The summed E-state index contributed by atoms with van der Waals surface area (Å²) in [6, 6.07) is 18.5. The quantitative estimate of drug-likeness (QED) is 0.239. The molecule has 0 bridgehead atoms. The van der Waals surface area contributed by atoms with Crippen LogP contribution in [0.25, 0.3) is 33.4 Å². The molecule has 8 heteroatoms. The van der Waals surface area contributed by atoms with E-state index >= 15 is 0 Å². The van der Waals surface area contributed by atoms with Gasteiger partial charge in [0.1, 0.15) is 5.82 Å². The number of nitrogens with zero attached hydrogens (tertiary/aromatic N) is 2. The van der Waals surface area contributed by atoms with Gasteiger partial charge in [-0.05, 0) is 29.8 Å². The first kappa shape index (κ1) is 22.5. The number of hydrogen-bond donors (Lipinski definition) is 3. The molecule has 2 heterocycles. The van der Waals surface area contributed by atoms with Crippen molar-refractivity contribution < 1.29 is 9.50 Å². The zero-order chi connectivity index (χ0) is 23.7. The van der Waals surface area contributed by atoms with Crippen molar-refractivity contribution in [2.24, 2.45) is 0 Å². The fourth-order valence-electron chi connectivity index (χ4n) is 4.13. The Morgan fingerprint density at radius 3 is 2.68 bits per heavy atom. The third-order valence-corrected chi connectivity index (χ3v) is 6.23. The fourth-order valence-corrected chi connectivity index (χ4v) is 4.47. The molecule has 0 fully saturated rings. The molecule has 3 aromatic carbocycles. The van der Waals surface area contributed by atoms with Gasteiger partial charge in [0.15, 0.2) is 0 Å². The van der Waals surface area contributed by atoms with Crippen LogP contribution in [0.2, 0.25) is 10.0 Å². The second-order valence-electron chi connectivity index (χ2n) is 7.90. The molecule has 5 nitrogen and oxygen atoms in total. The van der Waals surface area contributed by atoms with Crippen molar-refractivity contribution in [3.63, 3.8) is 0 Å². The van der Waals surface area contributed by atoms with Gasteiger partial charge in [0.05, 0.1) is 35.9 Å². The summed E-state index contributed by atoms with van der Waals surface area (Å²) >= 11 is 12.2. The third kappa shape index (κ3) is 4.28. The highest BCUT2D eigenvalue weighted by atomic mass is 35.5. The van der Waals surface area contributed by atoms with Gasteiger partial charge in [0.25, 0.3) is 0 Å². The number of benzene rings is 3. The van der Waals surface area contributed by atoms with E-state index in [0.717, 1.165) is 44.7 Å². The van der Waals surface area contributed by atoms with Crippen LogP contribution in [0.3, 0.4) is 0 Å². The zero-order valence-corrected chi connectivity index (χ0v) is 19.5. The summed E-state index contributed by atoms with van der Waals surface area (Å²) in [4.78, 5) is 7.95. The highest BCUT2D eigenvalue weighted by Crippen LogP contribution is 2.38. The van der Waals surface area contributed by atoms with E-state index in [1.807, 2.05) is 59.3 Å². The summed E-state index contributed by atoms with van der Waals surface area (Å²) in [7, 11) is 0. The molecule has 34 heavy (non-hydrogen) atoms. The molecule has 3 N–H and O–H groups in total. The van der Waals surface area contributed by atoms with Gasteiger partial charge in [-0.25, -0.2) is 9.37 Å². The van der Waals surface area contributed by atoms with Crippen LogP contribution < -0.4 is 5.32 Å². The summed E-state index contributed by atoms with van der Waals surface area (Å²) < 4.78 is 16.5. The Balaban J connectivity index is 1.68. The van der Waals surface area contributed by atoms with Crippen molar-refractivity contribution in [3.05, 3.63) is 94.6 Å². The Labute approximate surface area is 205 Å². The highest BCUT2D eigenvalue weighted by molar-refractivity contribution is 6.31. The van der Waals surface area contributed by atoms with E-state index < -0.39 is 5.82 Å². The fraction of sp³-hybridized carbons (Fsp3) is 0.115. The predicted molar refractivity (Wildman–Crippen MR) is 136 cm³/mol. The van der Waals surface area contributed by atoms with Gasteiger partial charge >= 0.3 is 0 Å². The summed E-state index contributed by atoms with van der Waals surface area (Å²) in [5, 5.41) is 13.9. The van der Waals surface area contributed by atoms with Crippen LogP contribution in [0.4, 0.5) is 10.1 Å². The molecule has 2 aromatic heterocycles. The van der Waals surface area contributed by atoms with Crippen LogP contribution >= 0.6 is 23.2 Å². The van der Waals surface area contributed by atoms with Gasteiger partial charge < -0.3 is 20.0 Å². The van der Waals surface area contributed by atoms with Gasteiger partial charge in [-0.2, -0.15) is 0 Å². The minimum absolute atomic E-state index is 0.00387. The molecule has 0 aliphatic carbocycles. The maximum atomic E-state index is 14.4.